The van der Waals surface area contributed by atoms with E-state index in [1.807, 2.05) is 12.1 Å². The van der Waals surface area contributed by atoms with Gasteiger partial charge in [-0.25, -0.2) is 0 Å². The molecule has 0 saturated heterocycles. The Balaban J connectivity index is 1.73. The van der Waals surface area contributed by atoms with Crippen molar-refractivity contribution in [3.05, 3.63) is 35.4 Å². The summed E-state index contributed by atoms with van der Waals surface area (Å²) in [5.74, 6) is 0.864. The van der Waals surface area contributed by atoms with Crippen LogP contribution in [0.3, 0.4) is 0 Å². The third kappa shape index (κ3) is 6.14. The minimum absolute atomic E-state index is 0.116. The molecule has 0 spiro atoms. The van der Waals surface area contributed by atoms with Gasteiger partial charge in [-0.3, -0.25) is 14.9 Å². The van der Waals surface area contributed by atoms with Gasteiger partial charge in [-0.1, -0.05) is 47.4 Å². The molecular formula is C15H17N3O3S3. The van der Waals surface area contributed by atoms with Crippen LogP contribution in [-0.2, 0) is 20.1 Å². The molecule has 0 bridgehead atoms. The zero-order valence-electron chi connectivity index (χ0n) is 13.3. The average Bonchev–Trinajstić information content (AvgIpc) is 3.01. The number of benzene rings is 1. The van der Waals surface area contributed by atoms with Crippen molar-refractivity contribution in [3.8, 4) is 0 Å². The molecule has 6 nitrogen and oxygen atoms in total. The van der Waals surface area contributed by atoms with E-state index in [1.54, 1.807) is 11.8 Å². The van der Waals surface area contributed by atoms with Crippen LogP contribution in [0.2, 0.25) is 0 Å². The fourth-order valence-electron chi connectivity index (χ4n) is 1.68. The molecule has 0 atom stereocenters. The summed E-state index contributed by atoms with van der Waals surface area (Å²) in [7, 11) is 1.34. The number of rotatable bonds is 8. The number of esters is 1. The van der Waals surface area contributed by atoms with E-state index >= 15 is 0 Å². The monoisotopic (exact) mass is 383 g/mol. The fraction of sp³-hybridized carbons (Fsp3) is 0.333. The van der Waals surface area contributed by atoms with E-state index in [0.717, 1.165) is 5.75 Å². The number of aryl methyl sites for hydroxylation is 1. The molecule has 9 heteroatoms. The molecule has 2 aromatic rings. The quantitative estimate of drug-likeness (QED) is 0.426. The van der Waals surface area contributed by atoms with Crippen molar-refractivity contribution >= 4 is 51.9 Å². The van der Waals surface area contributed by atoms with Crippen molar-refractivity contribution < 1.29 is 14.3 Å². The number of methoxy groups -OCH3 is 1. The average molecular weight is 384 g/mol. The second-order valence-electron chi connectivity index (χ2n) is 4.71. The SMILES string of the molecule is COC(=O)CSc1nnc(NC(=O)CSCc2ccccc2C)s1. The molecule has 0 aliphatic carbocycles. The molecule has 0 aliphatic heterocycles. The minimum atomic E-state index is -0.326. The maximum absolute atomic E-state index is 11.9. The van der Waals surface area contributed by atoms with Crippen LogP contribution in [0.4, 0.5) is 5.13 Å². The largest absolute Gasteiger partial charge is 0.468 e. The molecule has 1 N–H and O–H groups in total. The van der Waals surface area contributed by atoms with Gasteiger partial charge >= 0.3 is 5.97 Å². The maximum atomic E-state index is 11.9. The predicted octanol–water partition coefficient (Wildman–Crippen LogP) is 2.98. The van der Waals surface area contributed by atoms with Crippen LogP contribution >= 0.6 is 34.9 Å². The smallest absolute Gasteiger partial charge is 0.316 e. The van der Waals surface area contributed by atoms with E-state index in [-0.39, 0.29) is 17.6 Å². The van der Waals surface area contributed by atoms with Crippen LogP contribution in [0.5, 0.6) is 0 Å². The van der Waals surface area contributed by atoms with E-state index in [4.69, 9.17) is 0 Å². The van der Waals surface area contributed by atoms with Crippen molar-refractivity contribution in [2.24, 2.45) is 0 Å². The van der Waals surface area contributed by atoms with Gasteiger partial charge in [-0.2, -0.15) is 0 Å². The standard InChI is InChI=1S/C15H17N3O3S3/c1-10-5-3-4-6-11(10)7-22-8-12(19)16-14-17-18-15(24-14)23-9-13(20)21-2/h3-6H,7-9H2,1-2H3,(H,16,17,19). The number of carbonyl (C=O) groups excluding carboxylic acids is 2. The first kappa shape index (κ1) is 18.8. The maximum Gasteiger partial charge on any atom is 0.316 e. The molecule has 1 aromatic carbocycles. The lowest BCUT2D eigenvalue weighted by molar-refractivity contribution is -0.137. The molecule has 24 heavy (non-hydrogen) atoms. The molecule has 128 valence electrons. The molecule has 1 amide bonds. The van der Waals surface area contributed by atoms with Crippen molar-refractivity contribution in [2.75, 3.05) is 23.9 Å². The summed E-state index contributed by atoms with van der Waals surface area (Å²) < 4.78 is 5.17. The molecule has 0 saturated carbocycles. The molecule has 0 aliphatic rings. The summed E-state index contributed by atoms with van der Waals surface area (Å²) in [6, 6.07) is 8.12. The van der Waals surface area contributed by atoms with Crippen molar-refractivity contribution in [1.29, 1.82) is 0 Å². The van der Waals surface area contributed by atoms with Crippen LogP contribution in [0.15, 0.2) is 28.6 Å². The molecule has 1 aromatic heterocycles. The van der Waals surface area contributed by atoms with Crippen LogP contribution in [0.25, 0.3) is 0 Å². The topological polar surface area (TPSA) is 81.2 Å². The number of hydrogen-bond donors (Lipinski definition) is 1. The lowest BCUT2D eigenvalue weighted by Crippen LogP contribution is -2.14. The first-order valence-corrected chi connectivity index (χ1v) is 9.99. The summed E-state index contributed by atoms with van der Waals surface area (Å²) in [5.41, 5.74) is 2.45. The number of amides is 1. The Morgan fingerprint density at radius 3 is 2.79 bits per heavy atom. The van der Waals surface area contributed by atoms with Gasteiger partial charge in [-0.15, -0.1) is 22.0 Å². The highest BCUT2D eigenvalue weighted by Crippen LogP contribution is 2.25. The van der Waals surface area contributed by atoms with E-state index in [2.05, 4.69) is 39.3 Å². The highest BCUT2D eigenvalue weighted by molar-refractivity contribution is 8.01. The zero-order valence-corrected chi connectivity index (χ0v) is 15.7. The minimum Gasteiger partial charge on any atom is -0.468 e. The van der Waals surface area contributed by atoms with Gasteiger partial charge < -0.3 is 4.74 Å². The number of anilines is 1. The summed E-state index contributed by atoms with van der Waals surface area (Å²) in [4.78, 5) is 23.0. The molecular weight excluding hydrogens is 366 g/mol. The third-order valence-corrected chi connectivity index (χ3v) is 5.87. The summed E-state index contributed by atoms with van der Waals surface area (Å²) >= 11 is 4.02. The number of thioether (sulfide) groups is 2. The van der Waals surface area contributed by atoms with Crippen LogP contribution in [0, 0.1) is 6.92 Å². The summed E-state index contributed by atoms with van der Waals surface area (Å²) in [6.45, 7) is 2.06. The fourth-order valence-corrected chi connectivity index (χ4v) is 4.18. The molecule has 0 unspecified atom stereocenters. The molecule has 2 rings (SSSR count). The highest BCUT2D eigenvalue weighted by Gasteiger charge is 2.11. The van der Waals surface area contributed by atoms with Crippen molar-refractivity contribution in [2.45, 2.75) is 17.0 Å². The Bertz CT molecular complexity index is 706. The number of nitrogens with zero attached hydrogens (tertiary/aromatic N) is 2. The Hall–Kier alpha value is -1.58. The van der Waals surface area contributed by atoms with Crippen LogP contribution in [-0.4, -0.2) is 40.7 Å². The first-order chi connectivity index (χ1) is 11.6. The van der Waals surface area contributed by atoms with Gasteiger partial charge in [0.2, 0.25) is 11.0 Å². The van der Waals surface area contributed by atoms with Gasteiger partial charge in [-0.05, 0) is 18.1 Å². The number of nitrogens with one attached hydrogen (secondary N) is 1. The molecule has 1 heterocycles. The molecule has 0 radical (unpaired) electrons. The molecule has 0 fully saturated rings. The van der Waals surface area contributed by atoms with Crippen molar-refractivity contribution in [3.63, 3.8) is 0 Å². The van der Waals surface area contributed by atoms with Crippen LogP contribution < -0.4 is 5.32 Å². The van der Waals surface area contributed by atoms with E-state index < -0.39 is 0 Å². The van der Waals surface area contributed by atoms with E-state index in [1.165, 1.54) is 41.3 Å². The number of aromatic nitrogens is 2. The van der Waals surface area contributed by atoms with Crippen molar-refractivity contribution in [1.82, 2.24) is 10.2 Å². The first-order valence-electron chi connectivity index (χ1n) is 7.03. The third-order valence-electron chi connectivity index (χ3n) is 2.95. The second-order valence-corrected chi connectivity index (χ2v) is 7.89. The van der Waals surface area contributed by atoms with Crippen LogP contribution in [0.1, 0.15) is 11.1 Å². The van der Waals surface area contributed by atoms with Gasteiger partial charge in [0.25, 0.3) is 0 Å². The highest BCUT2D eigenvalue weighted by atomic mass is 32.2. The second kappa shape index (κ2) is 9.65. The number of hydrogen-bond acceptors (Lipinski definition) is 8. The lowest BCUT2D eigenvalue weighted by atomic mass is 10.1. The zero-order chi connectivity index (χ0) is 17.4. The number of carbonyl (C=O) groups is 2. The van der Waals surface area contributed by atoms with E-state index in [9.17, 15) is 9.59 Å². The summed E-state index contributed by atoms with van der Waals surface area (Å²) in [6.07, 6.45) is 0. The summed E-state index contributed by atoms with van der Waals surface area (Å²) in [5, 5.41) is 11.0. The van der Waals surface area contributed by atoms with Gasteiger partial charge in [0.15, 0.2) is 4.34 Å². The number of ether oxygens (including phenoxy) is 1. The van der Waals surface area contributed by atoms with E-state index in [0.29, 0.717) is 15.2 Å². The Kier molecular flexibility index (Phi) is 7.54. The van der Waals surface area contributed by atoms with Gasteiger partial charge in [0, 0.05) is 5.75 Å². The van der Waals surface area contributed by atoms with Gasteiger partial charge in [0.1, 0.15) is 0 Å². The Morgan fingerprint density at radius 1 is 1.25 bits per heavy atom. The van der Waals surface area contributed by atoms with Gasteiger partial charge in [0.05, 0.1) is 18.6 Å². The predicted molar refractivity (Wildman–Crippen MR) is 98.6 cm³/mol. The lowest BCUT2D eigenvalue weighted by Gasteiger charge is -2.05. The Morgan fingerprint density at radius 2 is 2.04 bits per heavy atom. The Labute approximate surface area is 152 Å². The normalized spacial score (nSPS) is 10.4.